The summed E-state index contributed by atoms with van der Waals surface area (Å²) >= 11 is 1.86. The Bertz CT molecular complexity index is 4160. The summed E-state index contributed by atoms with van der Waals surface area (Å²) in [6, 6.07) is 83.0. The Balaban J connectivity index is 1.00. The maximum absolute atomic E-state index is 6.32. The molecular weight excluding hydrogens is 829 g/mol. The molecular formula is C65H40OS. The highest BCUT2D eigenvalue weighted by atomic mass is 32.1. The molecule has 12 aromatic carbocycles. The van der Waals surface area contributed by atoms with Gasteiger partial charge < -0.3 is 4.42 Å². The van der Waals surface area contributed by atoms with E-state index in [1.54, 1.807) is 0 Å². The zero-order valence-electron chi connectivity index (χ0n) is 36.7. The van der Waals surface area contributed by atoms with Crippen LogP contribution in [0.3, 0.4) is 0 Å². The summed E-state index contributed by atoms with van der Waals surface area (Å²) in [4.78, 5) is 0. The van der Waals surface area contributed by atoms with Crippen molar-refractivity contribution in [2.75, 3.05) is 0 Å². The SMILES string of the molecule is Cc1cc(-c2c(-c3ccc4oc5ccccc5c4c3)cccc2-c2ccc3sc4ccccc4c3c2)ccc1-c1c2ccccc2c(-c2cc3ccccc3c3ccccc23)c2ccccc12. The number of rotatable bonds is 5. The van der Waals surface area contributed by atoms with E-state index >= 15 is 0 Å². The number of benzene rings is 12. The van der Waals surface area contributed by atoms with Gasteiger partial charge in [-0.3, -0.25) is 0 Å². The van der Waals surface area contributed by atoms with Crippen LogP contribution in [0.5, 0.6) is 0 Å². The van der Waals surface area contributed by atoms with E-state index in [4.69, 9.17) is 4.42 Å². The third-order valence-electron chi connectivity index (χ3n) is 14.2. The van der Waals surface area contributed by atoms with E-state index < -0.39 is 0 Å². The smallest absolute Gasteiger partial charge is 0.135 e. The van der Waals surface area contributed by atoms with Gasteiger partial charge >= 0.3 is 0 Å². The normalized spacial score (nSPS) is 12.0. The Morgan fingerprint density at radius 3 is 1.52 bits per heavy atom. The topological polar surface area (TPSA) is 13.1 Å². The lowest BCUT2D eigenvalue weighted by atomic mass is 9.82. The second-order valence-electron chi connectivity index (χ2n) is 17.9. The molecule has 14 rings (SSSR count). The zero-order chi connectivity index (χ0) is 44.2. The first-order valence-electron chi connectivity index (χ1n) is 23.1. The van der Waals surface area contributed by atoms with Crippen molar-refractivity contribution in [2.45, 2.75) is 6.92 Å². The second kappa shape index (κ2) is 14.9. The summed E-state index contributed by atoms with van der Waals surface area (Å²) in [7, 11) is 0. The van der Waals surface area contributed by atoms with Crippen LogP contribution in [0.25, 0.3) is 141 Å². The maximum atomic E-state index is 6.32. The molecule has 0 aliphatic rings. The highest BCUT2D eigenvalue weighted by molar-refractivity contribution is 7.25. The van der Waals surface area contributed by atoms with Gasteiger partial charge in [0.05, 0.1) is 0 Å². The lowest BCUT2D eigenvalue weighted by molar-refractivity contribution is 0.669. The van der Waals surface area contributed by atoms with E-state index in [2.05, 4.69) is 225 Å². The van der Waals surface area contributed by atoms with E-state index in [-0.39, 0.29) is 0 Å². The van der Waals surface area contributed by atoms with Gasteiger partial charge in [-0.2, -0.15) is 0 Å². The van der Waals surface area contributed by atoms with Crippen molar-refractivity contribution in [2.24, 2.45) is 0 Å². The first-order valence-corrected chi connectivity index (χ1v) is 23.9. The van der Waals surface area contributed by atoms with Gasteiger partial charge in [-0.05, 0) is 154 Å². The average molecular weight is 869 g/mol. The van der Waals surface area contributed by atoms with E-state index in [1.165, 1.54) is 119 Å². The highest BCUT2D eigenvalue weighted by Gasteiger charge is 2.22. The quantitative estimate of drug-likeness (QED) is 0.124. The van der Waals surface area contributed by atoms with Crippen LogP contribution in [0, 0.1) is 6.92 Å². The van der Waals surface area contributed by atoms with Crippen LogP contribution < -0.4 is 0 Å². The van der Waals surface area contributed by atoms with Crippen molar-refractivity contribution in [1.29, 1.82) is 0 Å². The molecule has 0 aliphatic heterocycles. The summed E-state index contributed by atoms with van der Waals surface area (Å²) < 4.78 is 8.94. The Hall–Kier alpha value is -8.30. The monoisotopic (exact) mass is 868 g/mol. The summed E-state index contributed by atoms with van der Waals surface area (Å²) in [6.45, 7) is 2.29. The van der Waals surface area contributed by atoms with Gasteiger partial charge in [-0.1, -0.05) is 182 Å². The van der Waals surface area contributed by atoms with Crippen LogP contribution in [0.2, 0.25) is 0 Å². The molecule has 0 atom stereocenters. The molecule has 0 N–H and O–H groups in total. The number of thiophene rings is 1. The number of fused-ring (bicyclic) bond motifs is 11. The minimum absolute atomic E-state index is 0.900. The standard InChI is InChI=1S/C65H40OS/c1-39-35-43(29-32-44(39)64-52-21-6-8-23-54(52)65(55-24-9-7-22-53(55)64)58-38-40-15-2-3-16-45(40)48-17-4-5-18-49(48)58)63-46(41-30-33-60-56(36-41)50-19-10-12-27-59(50)66-60)25-14-26-47(63)42-31-34-62-57(37-42)51-20-11-13-28-61(51)67-62/h2-38H,1H3. The van der Waals surface area contributed by atoms with Crippen molar-refractivity contribution < 1.29 is 4.42 Å². The largest absolute Gasteiger partial charge is 0.456 e. The van der Waals surface area contributed by atoms with Crippen LogP contribution in [-0.4, -0.2) is 0 Å². The van der Waals surface area contributed by atoms with Crippen LogP contribution >= 0.6 is 11.3 Å². The molecule has 0 aliphatic carbocycles. The highest BCUT2D eigenvalue weighted by Crippen LogP contribution is 2.49. The zero-order valence-corrected chi connectivity index (χ0v) is 37.5. The van der Waals surface area contributed by atoms with E-state index in [0.717, 1.165) is 27.5 Å². The Labute approximate surface area is 391 Å². The third-order valence-corrected chi connectivity index (χ3v) is 15.3. The van der Waals surface area contributed by atoms with Crippen molar-refractivity contribution in [3.05, 3.63) is 230 Å². The lowest BCUT2D eigenvalue weighted by Crippen LogP contribution is -1.95. The molecule has 0 bridgehead atoms. The van der Waals surface area contributed by atoms with Gasteiger partial charge in [0.25, 0.3) is 0 Å². The van der Waals surface area contributed by atoms with Crippen molar-refractivity contribution in [1.82, 2.24) is 0 Å². The van der Waals surface area contributed by atoms with E-state index in [1.807, 2.05) is 17.4 Å². The van der Waals surface area contributed by atoms with Crippen molar-refractivity contribution in [3.63, 3.8) is 0 Å². The number of furan rings is 1. The molecule has 14 aromatic rings. The second-order valence-corrected chi connectivity index (χ2v) is 19.0. The Kier molecular flexibility index (Phi) is 8.44. The minimum atomic E-state index is 0.900. The number of para-hydroxylation sites is 1. The predicted molar refractivity (Wildman–Crippen MR) is 289 cm³/mol. The molecule has 0 unspecified atom stereocenters. The van der Waals surface area contributed by atoms with Crippen molar-refractivity contribution >= 4 is 96.5 Å². The number of aryl methyl sites for hydroxylation is 1. The number of hydrogen-bond acceptors (Lipinski definition) is 2. The van der Waals surface area contributed by atoms with Crippen LogP contribution in [0.4, 0.5) is 0 Å². The molecule has 67 heavy (non-hydrogen) atoms. The fraction of sp³-hybridized carbons (Fsp3) is 0.0154. The molecule has 312 valence electrons. The van der Waals surface area contributed by atoms with Crippen molar-refractivity contribution in [3.8, 4) is 55.6 Å². The molecule has 0 saturated heterocycles. The third kappa shape index (κ3) is 5.87. The Morgan fingerprint density at radius 1 is 0.284 bits per heavy atom. The molecule has 0 radical (unpaired) electrons. The fourth-order valence-corrected chi connectivity index (χ4v) is 12.3. The lowest BCUT2D eigenvalue weighted by Gasteiger charge is -2.21. The molecule has 1 nitrogen and oxygen atoms in total. The van der Waals surface area contributed by atoms with Gasteiger partial charge in [0.2, 0.25) is 0 Å². The molecule has 0 spiro atoms. The summed E-state index contributed by atoms with van der Waals surface area (Å²) in [5.74, 6) is 0. The minimum Gasteiger partial charge on any atom is -0.456 e. The van der Waals surface area contributed by atoms with Gasteiger partial charge in [0.15, 0.2) is 0 Å². The van der Waals surface area contributed by atoms with Crippen LogP contribution in [0.1, 0.15) is 5.56 Å². The predicted octanol–water partition coefficient (Wildman–Crippen LogP) is 19.2. The summed E-state index contributed by atoms with van der Waals surface area (Å²) in [5, 5.41) is 15.0. The van der Waals surface area contributed by atoms with Gasteiger partial charge in [0, 0.05) is 30.9 Å². The van der Waals surface area contributed by atoms with Crippen LogP contribution in [-0.2, 0) is 0 Å². The first kappa shape index (κ1) is 38.0. The van der Waals surface area contributed by atoms with Gasteiger partial charge in [0.1, 0.15) is 11.2 Å². The molecule has 0 amide bonds. The van der Waals surface area contributed by atoms with Gasteiger partial charge in [-0.15, -0.1) is 11.3 Å². The molecule has 2 aromatic heterocycles. The van der Waals surface area contributed by atoms with Crippen LogP contribution in [0.15, 0.2) is 229 Å². The molecule has 0 fully saturated rings. The van der Waals surface area contributed by atoms with E-state index in [9.17, 15) is 0 Å². The maximum Gasteiger partial charge on any atom is 0.135 e. The van der Waals surface area contributed by atoms with E-state index in [0.29, 0.717) is 0 Å². The number of hydrogen-bond donors (Lipinski definition) is 0. The molecule has 0 saturated carbocycles. The molecule has 2 heterocycles. The average Bonchev–Trinajstić information content (AvgIpc) is 3.95. The Morgan fingerprint density at radius 2 is 0.806 bits per heavy atom. The van der Waals surface area contributed by atoms with Gasteiger partial charge in [-0.25, -0.2) is 0 Å². The molecule has 2 heteroatoms. The summed E-state index contributed by atoms with van der Waals surface area (Å²) in [6.07, 6.45) is 0. The summed E-state index contributed by atoms with van der Waals surface area (Å²) in [5.41, 5.74) is 15.3. The fourth-order valence-electron chi connectivity index (χ4n) is 11.2. The first-order chi connectivity index (χ1) is 33.1.